The number of carbonyl (C=O) groups excluding carboxylic acids is 1. The molecular formula is C17H16BrN3O3S. The van der Waals surface area contributed by atoms with Crippen molar-refractivity contribution in [1.82, 2.24) is 10.3 Å². The van der Waals surface area contributed by atoms with Crippen LogP contribution in [0.5, 0.6) is 0 Å². The molecule has 4 N–H and O–H groups in total. The van der Waals surface area contributed by atoms with E-state index in [1.165, 1.54) is 12.1 Å². The number of carbonyl (C=O) groups is 1. The molecule has 0 aliphatic carbocycles. The molecule has 0 fully saturated rings. The van der Waals surface area contributed by atoms with Gasteiger partial charge in [-0.3, -0.25) is 4.79 Å². The Labute approximate surface area is 153 Å². The van der Waals surface area contributed by atoms with Gasteiger partial charge in [-0.15, -0.1) is 0 Å². The summed E-state index contributed by atoms with van der Waals surface area (Å²) in [7, 11) is -3.73. The van der Waals surface area contributed by atoms with E-state index in [1.54, 1.807) is 18.2 Å². The van der Waals surface area contributed by atoms with Crippen molar-refractivity contribution < 1.29 is 13.2 Å². The van der Waals surface area contributed by atoms with Gasteiger partial charge in [0, 0.05) is 15.4 Å². The monoisotopic (exact) mass is 421 g/mol. The molecule has 3 aromatic rings. The van der Waals surface area contributed by atoms with Crippen LogP contribution >= 0.6 is 15.9 Å². The van der Waals surface area contributed by atoms with E-state index in [-0.39, 0.29) is 16.8 Å². The van der Waals surface area contributed by atoms with Crippen molar-refractivity contribution in [3.05, 3.63) is 64.3 Å². The number of primary sulfonamides is 1. The smallest absolute Gasteiger partial charge is 0.268 e. The highest BCUT2D eigenvalue weighted by Crippen LogP contribution is 2.21. The Balaban J connectivity index is 1.77. The number of aromatic amines is 1. The van der Waals surface area contributed by atoms with E-state index < -0.39 is 10.0 Å². The first-order chi connectivity index (χ1) is 11.7. The molecule has 2 aromatic carbocycles. The largest absolute Gasteiger partial charge is 0.351 e. The summed E-state index contributed by atoms with van der Waals surface area (Å²) in [5.74, 6) is -0.240. The lowest BCUT2D eigenvalue weighted by Gasteiger charge is -2.14. The Morgan fingerprint density at radius 3 is 2.48 bits per heavy atom. The number of nitrogens with one attached hydrogen (secondary N) is 2. The summed E-state index contributed by atoms with van der Waals surface area (Å²) in [6.07, 6.45) is 0. The maximum Gasteiger partial charge on any atom is 0.268 e. The van der Waals surface area contributed by atoms with Crippen LogP contribution in [0.3, 0.4) is 0 Å². The average molecular weight is 422 g/mol. The first-order valence-electron chi connectivity index (χ1n) is 7.46. The van der Waals surface area contributed by atoms with Gasteiger partial charge in [-0.2, -0.15) is 0 Å². The van der Waals surface area contributed by atoms with Crippen LogP contribution in [0.25, 0.3) is 10.9 Å². The van der Waals surface area contributed by atoms with E-state index in [0.717, 1.165) is 20.9 Å². The van der Waals surface area contributed by atoms with Crippen LogP contribution in [0.2, 0.25) is 0 Å². The molecule has 0 saturated heterocycles. The second-order valence-electron chi connectivity index (χ2n) is 5.72. The minimum atomic E-state index is -3.73. The summed E-state index contributed by atoms with van der Waals surface area (Å²) in [4.78, 5) is 15.6. The Bertz CT molecular complexity index is 1040. The van der Waals surface area contributed by atoms with Crippen molar-refractivity contribution in [3.63, 3.8) is 0 Å². The third-order valence-electron chi connectivity index (χ3n) is 3.88. The standard InChI is InChI=1S/C17H16BrN3O3S/c1-10(11-2-5-14(6-3-11)25(19,23)24)20-17(22)16-9-12-8-13(18)4-7-15(12)21-16/h2-10,21H,1H3,(H,20,22)(H2,19,23,24). The molecule has 1 atom stereocenters. The fraction of sp³-hybridized carbons (Fsp3) is 0.118. The lowest BCUT2D eigenvalue weighted by atomic mass is 10.1. The quantitative estimate of drug-likeness (QED) is 0.602. The summed E-state index contributed by atoms with van der Waals surface area (Å²) in [6, 6.07) is 13.3. The highest BCUT2D eigenvalue weighted by molar-refractivity contribution is 9.10. The van der Waals surface area contributed by atoms with Crippen LogP contribution < -0.4 is 10.5 Å². The molecule has 0 radical (unpaired) electrons. The number of benzene rings is 2. The van der Waals surface area contributed by atoms with Gasteiger partial charge in [0.05, 0.1) is 10.9 Å². The van der Waals surface area contributed by atoms with Crippen LogP contribution in [0, 0.1) is 0 Å². The maximum absolute atomic E-state index is 12.4. The Morgan fingerprint density at radius 1 is 1.16 bits per heavy atom. The van der Waals surface area contributed by atoms with E-state index in [0.29, 0.717) is 5.69 Å². The van der Waals surface area contributed by atoms with E-state index in [4.69, 9.17) is 5.14 Å². The molecule has 0 aliphatic rings. The zero-order chi connectivity index (χ0) is 18.2. The van der Waals surface area contributed by atoms with Crippen LogP contribution in [0.1, 0.15) is 29.0 Å². The number of H-pyrrole nitrogens is 1. The van der Waals surface area contributed by atoms with E-state index in [9.17, 15) is 13.2 Å². The number of fused-ring (bicyclic) bond motifs is 1. The van der Waals surface area contributed by atoms with Gasteiger partial charge < -0.3 is 10.3 Å². The number of hydrogen-bond acceptors (Lipinski definition) is 3. The van der Waals surface area contributed by atoms with Gasteiger partial charge >= 0.3 is 0 Å². The van der Waals surface area contributed by atoms with Gasteiger partial charge in [0.25, 0.3) is 5.91 Å². The lowest BCUT2D eigenvalue weighted by molar-refractivity contribution is 0.0935. The molecule has 0 saturated carbocycles. The summed E-state index contributed by atoms with van der Waals surface area (Å²) >= 11 is 3.40. The van der Waals surface area contributed by atoms with E-state index in [2.05, 4.69) is 26.2 Å². The summed E-state index contributed by atoms with van der Waals surface area (Å²) in [6.45, 7) is 1.82. The molecule has 6 nitrogen and oxygen atoms in total. The molecule has 1 unspecified atom stereocenters. The molecule has 0 bridgehead atoms. The topological polar surface area (TPSA) is 105 Å². The molecule has 25 heavy (non-hydrogen) atoms. The highest BCUT2D eigenvalue weighted by Gasteiger charge is 2.15. The highest BCUT2D eigenvalue weighted by atomic mass is 79.9. The molecule has 1 aromatic heterocycles. The zero-order valence-electron chi connectivity index (χ0n) is 13.3. The second-order valence-corrected chi connectivity index (χ2v) is 8.20. The first-order valence-corrected chi connectivity index (χ1v) is 9.80. The third kappa shape index (κ3) is 3.92. The minimum absolute atomic E-state index is 0.0379. The van der Waals surface area contributed by atoms with Gasteiger partial charge in [0.15, 0.2) is 0 Å². The van der Waals surface area contributed by atoms with Crippen molar-refractivity contribution in [3.8, 4) is 0 Å². The van der Waals surface area contributed by atoms with Crippen LogP contribution in [0.4, 0.5) is 0 Å². The van der Waals surface area contributed by atoms with Crippen LogP contribution in [-0.4, -0.2) is 19.3 Å². The molecule has 0 spiro atoms. The van der Waals surface area contributed by atoms with Crippen LogP contribution in [0.15, 0.2) is 57.9 Å². The number of hydrogen-bond donors (Lipinski definition) is 3. The normalized spacial score (nSPS) is 12.9. The Hall–Kier alpha value is -2.16. The van der Waals surface area contributed by atoms with E-state index in [1.807, 2.05) is 25.1 Å². The minimum Gasteiger partial charge on any atom is -0.351 e. The van der Waals surface area contributed by atoms with Gasteiger partial charge in [0.1, 0.15) is 5.69 Å². The molecule has 130 valence electrons. The molecule has 8 heteroatoms. The van der Waals surface area contributed by atoms with Crippen molar-refractivity contribution >= 4 is 42.8 Å². The van der Waals surface area contributed by atoms with Crippen molar-refractivity contribution in [2.45, 2.75) is 17.9 Å². The molecule has 1 amide bonds. The fourth-order valence-corrected chi connectivity index (χ4v) is 3.42. The van der Waals surface area contributed by atoms with Gasteiger partial charge in [-0.05, 0) is 48.9 Å². The number of sulfonamides is 1. The average Bonchev–Trinajstić information content (AvgIpc) is 2.97. The zero-order valence-corrected chi connectivity index (χ0v) is 15.7. The third-order valence-corrected chi connectivity index (χ3v) is 5.31. The number of amides is 1. The number of rotatable bonds is 4. The van der Waals surface area contributed by atoms with Crippen molar-refractivity contribution in [2.24, 2.45) is 5.14 Å². The molecule has 3 rings (SSSR count). The van der Waals surface area contributed by atoms with Crippen LogP contribution in [-0.2, 0) is 10.0 Å². The van der Waals surface area contributed by atoms with Crippen molar-refractivity contribution in [1.29, 1.82) is 0 Å². The molecular weight excluding hydrogens is 406 g/mol. The summed E-state index contributed by atoms with van der Waals surface area (Å²) in [5, 5.41) is 8.90. The number of aromatic nitrogens is 1. The van der Waals surface area contributed by atoms with Gasteiger partial charge in [0.2, 0.25) is 10.0 Å². The van der Waals surface area contributed by atoms with Crippen molar-refractivity contribution in [2.75, 3.05) is 0 Å². The molecule has 1 heterocycles. The predicted molar refractivity (Wildman–Crippen MR) is 99.7 cm³/mol. The summed E-state index contributed by atoms with van der Waals surface area (Å²) < 4.78 is 23.5. The van der Waals surface area contributed by atoms with E-state index >= 15 is 0 Å². The van der Waals surface area contributed by atoms with Gasteiger partial charge in [-0.25, -0.2) is 13.6 Å². The Kier molecular flexibility index (Phi) is 4.68. The number of nitrogens with two attached hydrogens (primary N) is 1. The van der Waals surface area contributed by atoms with Gasteiger partial charge in [-0.1, -0.05) is 28.1 Å². The molecule has 0 aliphatic heterocycles. The number of halogens is 1. The SMILES string of the molecule is CC(NC(=O)c1cc2cc(Br)ccc2[nH]1)c1ccc(S(N)(=O)=O)cc1. The predicted octanol–water partition coefficient (Wildman–Crippen LogP) is 3.07. The first kappa shape index (κ1) is 17.7. The Morgan fingerprint density at radius 2 is 1.84 bits per heavy atom. The second kappa shape index (κ2) is 6.62. The maximum atomic E-state index is 12.4. The fourth-order valence-electron chi connectivity index (χ4n) is 2.53. The summed E-state index contributed by atoms with van der Waals surface area (Å²) in [5.41, 5.74) is 2.11. The lowest BCUT2D eigenvalue weighted by Crippen LogP contribution is -2.27.